The molecule has 1 N–H and O–H groups in total. The zero-order valence-electron chi connectivity index (χ0n) is 18.0. The number of likely N-dealkylation sites (tertiary alicyclic amines) is 1. The van der Waals surface area contributed by atoms with Crippen LogP contribution in [0.2, 0.25) is 0 Å². The third-order valence-electron chi connectivity index (χ3n) is 6.54. The van der Waals surface area contributed by atoms with Gasteiger partial charge in [0.15, 0.2) is 0 Å². The summed E-state index contributed by atoms with van der Waals surface area (Å²) in [6.45, 7) is 9.66. The van der Waals surface area contributed by atoms with Gasteiger partial charge >= 0.3 is 0 Å². The Hall–Kier alpha value is -1.84. The zero-order valence-corrected chi connectivity index (χ0v) is 18.0. The van der Waals surface area contributed by atoms with Gasteiger partial charge in [-0.1, -0.05) is 64.3 Å². The first-order valence-electron chi connectivity index (χ1n) is 10.9. The van der Waals surface area contributed by atoms with Gasteiger partial charge in [0.1, 0.15) is 0 Å². The second-order valence-electron chi connectivity index (χ2n) is 9.76. The Bertz CT molecular complexity index is 696. The maximum atomic E-state index is 13.8. The fourth-order valence-electron chi connectivity index (χ4n) is 4.94. The van der Waals surface area contributed by atoms with Crippen LogP contribution in [0.4, 0.5) is 0 Å². The molecule has 0 bridgehead atoms. The Kier molecular flexibility index (Phi) is 6.16. The van der Waals surface area contributed by atoms with E-state index >= 15 is 0 Å². The second kappa shape index (κ2) is 8.26. The average Bonchev–Trinajstić information content (AvgIpc) is 2.67. The first-order valence-corrected chi connectivity index (χ1v) is 10.9. The molecule has 0 spiro atoms. The van der Waals surface area contributed by atoms with E-state index in [4.69, 9.17) is 0 Å². The summed E-state index contributed by atoms with van der Waals surface area (Å²) in [4.78, 5) is 27.3. The van der Waals surface area contributed by atoms with Crippen molar-refractivity contribution in [3.8, 4) is 0 Å². The van der Waals surface area contributed by atoms with Gasteiger partial charge in [0, 0.05) is 26.1 Å². The molecule has 2 aliphatic rings. The second-order valence-corrected chi connectivity index (χ2v) is 9.76. The molecular weight excluding hydrogens is 348 g/mol. The van der Waals surface area contributed by atoms with Gasteiger partial charge < -0.3 is 10.2 Å². The Morgan fingerprint density at radius 1 is 1.04 bits per heavy atom. The van der Waals surface area contributed by atoms with Crippen molar-refractivity contribution in [1.29, 1.82) is 0 Å². The van der Waals surface area contributed by atoms with Crippen LogP contribution in [-0.4, -0.2) is 35.8 Å². The van der Waals surface area contributed by atoms with Gasteiger partial charge in [-0.05, 0) is 42.2 Å². The Labute approximate surface area is 170 Å². The van der Waals surface area contributed by atoms with E-state index in [0.717, 1.165) is 45.1 Å². The molecule has 1 atom stereocenters. The number of nitrogens with one attached hydrogen (secondary N) is 1. The summed E-state index contributed by atoms with van der Waals surface area (Å²) >= 11 is 0. The highest BCUT2D eigenvalue weighted by Gasteiger charge is 2.44. The number of carbonyl (C=O) groups excluding carboxylic acids is 2. The van der Waals surface area contributed by atoms with E-state index in [2.05, 4.69) is 50.4 Å². The van der Waals surface area contributed by atoms with Crippen molar-refractivity contribution in [3.05, 3.63) is 35.4 Å². The lowest BCUT2D eigenvalue weighted by molar-refractivity contribution is -0.140. The standard InChI is InChI=1S/C24H36N2O2/c1-18(27)25-21-9-8-16-26(17-21)22(28)24(14-6-5-7-15-24)20-12-10-19(11-13-20)23(2,3)4/h10-13,21H,5-9,14-17H2,1-4H3,(H,25,27). The molecule has 1 saturated carbocycles. The minimum absolute atomic E-state index is 0.00977. The molecule has 4 nitrogen and oxygen atoms in total. The van der Waals surface area contributed by atoms with Crippen LogP contribution in [0.3, 0.4) is 0 Å². The first kappa shape index (κ1) is 20.9. The van der Waals surface area contributed by atoms with Crippen molar-refractivity contribution in [2.75, 3.05) is 13.1 Å². The number of piperidine rings is 1. The summed E-state index contributed by atoms with van der Waals surface area (Å²) in [5.41, 5.74) is 2.19. The van der Waals surface area contributed by atoms with Gasteiger partial charge in [-0.15, -0.1) is 0 Å². The molecular formula is C24H36N2O2. The highest BCUT2D eigenvalue weighted by molar-refractivity contribution is 5.88. The van der Waals surface area contributed by atoms with Crippen molar-refractivity contribution >= 4 is 11.8 Å². The normalized spacial score (nSPS) is 22.6. The van der Waals surface area contributed by atoms with Crippen LogP contribution < -0.4 is 5.32 Å². The highest BCUT2D eigenvalue weighted by atomic mass is 16.2. The van der Waals surface area contributed by atoms with Crippen molar-refractivity contribution in [2.45, 2.75) is 89.5 Å². The van der Waals surface area contributed by atoms with Crippen molar-refractivity contribution in [1.82, 2.24) is 10.2 Å². The van der Waals surface area contributed by atoms with E-state index in [1.807, 2.05) is 4.90 Å². The van der Waals surface area contributed by atoms with E-state index in [0.29, 0.717) is 6.54 Å². The molecule has 1 aromatic carbocycles. The third-order valence-corrected chi connectivity index (χ3v) is 6.54. The Morgan fingerprint density at radius 2 is 1.68 bits per heavy atom. The first-order chi connectivity index (χ1) is 13.2. The fourth-order valence-corrected chi connectivity index (χ4v) is 4.94. The minimum atomic E-state index is -0.396. The summed E-state index contributed by atoms with van der Waals surface area (Å²) in [5.74, 6) is 0.259. The zero-order chi connectivity index (χ0) is 20.4. The van der Waals surface area contributed by atoms with E-state index in [9.17, 15) is 9.59 Å². The minimum Gasteiger partial charge on any atom is -0.352 e. The maximum absolute atomic E-state index is 13.8. The quantitative estimate of drug-likeness (QED) is 0.844. The van der Waals surface area contributed by atoms with Gasteiger partial charge in [-0.2, -0.15) is 0 Å². The number of benzene rings is 1. The Balaban J connectivity index is 1.86. The Morgan fingerprint density at radius 3 is 2.25 bits per heavy atom. The summed E-state index contributed by atoms with van der Waals surface area (Å²) < 4.78 is 0. The number of nitrogens with zero attached hydrogens (tertiary/aromatic N) is 1. The van der Waals surface area contributed by atoms with Crippen molar-refractivity contribution in [2.24, 2.45) is 0 Å². The van der Waals surface area contributed by atoms with Crippen LogP contribution in [-0.2, 0) is 20.4 Å². The third kappa shape index (κ3) is 4.42. The number of hydrogen-bond acceptors (Lipinski definition) is 2. The van der Waals surface area contributed by atoms with Crippen molar-refractivity contribution < 1.29 is 9.59 Å². The molecule has 4 heteroatoms. The molecule has 28 heavy (non-hydrogen) atoms. The molecule has 1 aliphatic carbocycles. The molecule has 154 valence electrons. The molecule has 2 amide bonds. The summed E-state index contributed by atoms with van der Waals surface area (Å²) in [7, 11) is 0. The number of amides is 2. The summed E-state index contributed by atoms with van der Waals surface area (Å²) in [5, 5.41) is 3.01. The molecule has 2 fully saturated rings. The smallest absolute Gasteiger partial charge is 0.233 e. The lowest BCUT2D eigenvalue weighted by Crippen LogP contribution is -2.55. The lowest BCUT2D eigenvalue weighted by atomic mass is 9.67. The number of carbonyl (C=O) groups is 2. The topological polar surface area (TPSA) is 49.4 Å². The summed E-state index contributed by atoms with van der Waals surface area (Å²) in [6, 6.07) is 8.88. The van der Waals surface area contributed by atoms with Crippen LogP contribution in [0.25, 0.3) is 0 Å². The predicted octanol–water partition coefficient (Wildman–Crippen LogP) is 4.31. The molecule has 1 aliphatic heterocycles. The number of hydrogen-bond donors (Lipinski definition) is 1. The summed E-state index contributed by atoms with van der Waals surface area (Å²) in [6.07, 6.45) is 7.20. The van der Waals surface area contributed by atoms with Crippen LogP contribution >= 0.6 is 0 Å². The fraction of sp³-hybridized carbons (Fsp3) is 0.667. The average molecular weight is 385 g/mol. The van der Waals surface area contributed by atoms with Crippen molar-refractivity contribution in [3.63, 3.8) is 0 Å². The largest absolute Gasteiger partial charge is 0.352 e. The molecule has 1 saturated heterocycles. The van der Waals surface area contributed by atoms with Crippen LogP contribution in [0.1, 0.15) is 83.8 Å². The van der Waals surface area contributed by atoms with Crippen LogP contribution in [0, 0.1) is 0 Å². The van der Waals surface area contributed by atoms with E-state index in [1.165, 1.54) is 17.5 Å². The molecule has 1 aromatic rings. The SMILES string of the molecule is CC(=O)NC1CCCN(C(=O)C2(c3ccc(C(C)(C)C)cc3)CCCCC2)C1. The van der Waals surface area contributed by atoms with E-state index in [1.54, 1.807) is 6.92 Å². The molecule has 0 aromatic heterocycles. The lowest BCUT2D eigenvalue weighted by Gasteiger charge is -2.43. The molecule has 1 unspecified atom stereocenters. The number of rotatable bonds is 3. The van der Waals surface area contributed by atoms with Gasteiger partial charge in [0.2, 0.25) is 11.8 Å². The van der Waals surface area contributed by atoms with Gasteiger partial charge in [0.25, 0.3) is 0 Å². The van der Waals surface area contributed by atoms with Crippen LogP contribution in [0.5, 0.6) is 0 Å². The van der Waals surface area contributed by atoms with Gasteiger partial charge in [-0.3, -0.25) is 9.59 Å². The van der Waals surface area contributed by atoms with E-state index in [-0.39, 0.29) is 23.3 Å². The highest BCUT2D eigenvalue weighted by Crippen LogP contribution is 2.42. The monoisotopic (exact) mass is 384 g/mol. The molecule has 0 radical (unpaired) electrons. The van der Waals surface area contributed by atoms with E-state index < -0.39 is 5.41 Å². The van der Waals surface area contributed by atoms with Gasteiger partial charge in [0.05, 0.1) is 5.41 Å². The molecule has 3 rings (SSSR count). The maximum Gasteiger partial charge on any atom is 0.233 e. The molecule has 1 heterocycles. The van der Waals surface area contributed by atoms with Gasteiger partial charge in [-0.25, -0.2) is 0 Å². The predicted molar refractivity (Wildman–Crippen MR) is 113 cm³/mol. The van der Waals surface area contributed by atoms with Crippen LogP contribution in [0.15, 0.2) is 24.3 Å².